The molecule has 162 valence electrons. The standard InChI is InChI=1S/C21H17ClFNO6S/c1-11(25)30-19-16(28-2)6-12(7-17(19)29-3)8-18-20(26)24(21(27)31-18)10-13-4-5-14(23)9-15(13)22/h4-9H,10H2,1-3H3/b18-8-. The molecule has 0 unspecified atom stereocenters. The molecule has 0 aliphatic carbocycles. The van der Waals surface area contributed by atoms with E-state index < -0.39 is 22.9 Å². The lowest BCUT2D eigenvalue weighted by Crippen LogP contribution is -2.27. The lowest BCUT2D eigenvalue weighted by Gasteiger charge is -2.14. The maximum absolute atomic E-state index is 13.2. The van der Waals surface area contributed by atoms with Crippen LogP contribution in [0.3, 0.4) is 0 Å². The Balaban J connectivity index is 1.91. The van der Waals surface area contributed by atoms with E-state index in [1.807, 2.05) is 0 Å². The maximum Gasteiger partial charge on any atom is 0.308 e. The fraction of sp³-hybridized carbons (Fsp3) is 0.190. The van der Waals surface area contributed by atoms with Gasteiger partial charge in [-0.3, -0.25) is 19.3 Å². The lowest BCUT2D eigenvalue weighted by molar-refractivity contribution is -0.132. The van der Waals surface area contributed by atoms with Gasteiger partial charge in [0.2, 0.25) is 5.75 Å². The van der Waals surface area contributed by atoms with Crippen molar-refractivity contribution in [1.29, 1.82) is 0 Å². The van der Waals surface area contributed by atoms with E-state index in [-0.39, 0.29) is 33.7 Å². The van der Waals surface area contributed by atoms with E-state index in [1.54, 1.807) is 12.1 Å². The van der Waals surface area contributed by atoms with Crippen LogP contribution in [-0.2, 0) is 16.1 Å². The largest absolute Gasteiger partial charge is 0.493 e. The number of nitrogens with zero attached hydrogens (tertiary/aromatic N) is 1. The minimum atomic E-state index is -0.551. The van der Waals surface area contributed by atoms with Crippen molar-refractivity contribution >= 4 is 46.6 Å². The van der Waals surface area contributed by atoms with Crippen LogP contribution in [0.25, 0.3) is 6.08 Å². The van der Waals surface area contributed by atoms with Gasteiger partial charge in [-0.15, -0.1) is 0 Å². The van der Waals surface area contributed by atoms with Crippen molar-refractivity contribution < 1.29 is 33.0 Å². The molecule has 0 bridgehead atoms. The van der Waals surface area contributed by atoms with Gasteiger partial charge in [0.05, 0.1) is 25.7 Å². The molecule has 0 N–H and O–H groups in total. The van der Waals surface area contributed by atoms with E-state index in [4.69, 9.17) is 25.8 Å². The van der Waals surface area contributed by atoms with Crippen molar-refractivity contribution in [3.05, 3.63) is 57.2 Å². The molecule has 0 spiro atoms. The van der Waals surface area contributed by atoms with Gasteiger partial charge in [0.1, 0.15) is 5.82 Å². The predicted octanol–water partition coefficient (Wildman–Crippen LogP) is 4.66. The Morgan fingerprint density at radius 2 is 1.81 bits per heavy atom. The Morgan fingerprint density at radius 3 is 2.35 bits per heavy atom. The molecule has 0 radical (unpaired) electrons. The van der Waals surface area contributed by atoms with Gasteiger partial charge in [0.15, 0.2) is 11.5 Å². The molecule has 0 aromatic heterocycles. The summed E-state index contributed by atoms with van der Waals surface area (Å²) in [5.41, 5.74) is 0.940. The summed E-state index contributed by atoms with van der Waals surface area (Å²) in [7, 11) is 2.79. The Kier molecular flexibility index (Phi) is 6.87. The molecule has 2 amide bonds. The zero-order valence-corrected chi connectivity index (χ0v) is 18.3. The number of benzene rings is 2. The smallest absolute Gasteiger partial charge is 0.308 e. The average molecular weight is 466 g/mol. The number of imide groups is 1. The first-order valence-corrected chi connectivity index (χ1v) is 10.1. The van der Waals surface area contributed by atoms with Crippen LogP contribution < -0.4 is 14.2 Å². The summed E-state index contributed by atoms with van der Waals surface area (Å²) >= 11 is 6.77. The number of hydrogen-bond acceptors (Lipinski definition) is 7. The molecule has 1 heterocycles. The SMILES string of the molecule is COc1cc(/C=C2\SC(=O)N(Cc3ccc(F)cc3Cl)C2=O)cc(OC)c1OC(C)=O. The molecule has 2 aromatic carbocycles. The zero-order chi connectivity index (χ0) is 22.7. The molecule has 2 aromatic rings. The van der Waals surface area contributed by atoms with Crippen molar-refractivity contribution in [2.45, 2.75) is 13.5 Å². The Bertz CT molecular complexity index is 1080. The van der Waals surface area contributed by atoms with Gasteiger partial charge in [0, 0.05) is 11.9 Å². The summed E-state index contributed by atoms with van der Waals surface area (Å²) in [6, 6.07) is 6.85. The van der Waals surface area contributed by atoms with Gasteiger partial charge >= 0.3 is 5.97 Å². The van der Waals surface area contributed by atoms with Gasteiger partial charge in [-0.2, -0.15) is 0 Å². The topological polar surface area (TPSA) is 82.1 Å². The number of carbonyl (C=O) groups excluding carboxylic acids is 3. The number of thioether (sulfide) groups is 1. The van der Waals surface area contributed by atoms with E-state index in [0.29, 0.717) is 11.1 Å². The van der Waals surface area contributed by atoms with Crippen LogP contribution in [0.5, 0.6) is 17.2 Å². The highest BCUT2D eigenvalue weighted by atomic mass is 35.5. The number of halogens is 2. The summed E-state index contributed by atoms with van der Waals surface area (Å²) in [6.07, 6.45) is 1.50. The van der Waals surface area contributed by atoms with Gasteiger partial charge in [-0.05, 0) is 53.2 Å². The third kappa shape index (κ3) is 5.00. The molecule has 3 rings (SSSR count). The summed E-state index contributed by atoms with van der Waals surface area (Å²) in [5.74, 6) is -1.03. The third-order valence-electron chi connectivity index (χ3n) is 4.24. The number of rotatable bonds is 6. The van der Waals surface area contributed by atoms with Crippen LogP contribution in [0, 0.1) is 5.82 Å². The first-order chi connectivity index (χ1) is 14.7. The molecule has 0 atom stereocenters. The van der Waals surface area contributed by atoms with E-state index >= 15 is 0 Å². The fourth-order valence-corrected chi connectivity index (χ4v) is 3.90. The molecule has 10 heteroatoms. The number of ether oxygens (including phenoxy) is 3. The van der Waals surface area contributed by atoms with Crippen LogP contribution in [0.15, 0.2) is 35.2 Å². The Labute approximate surface area is 186 Å². The highest BCUT2D eigenvalue weighted by Crippen LogP contribution is 2.41. The van der Waals surface area contributed by atoms with Gasteiger partial charge < -0.3 is 14.2 Å². The second-order valence-electron chi connectivity index (χ2n) is 6.35. The summed E-state index contributed by atoms with van der Waals surface area (Å²) in [4.78, 5) is 37.7. The highest BCUT2D eigenvalue weighted by Gasteiger charge is 2.35. The molecule has 1 aliphatic rings. The van der Waals surface area contributed by atoms with Gasteiger partial charge in [-0.1, -0.05) is 17.7 Å². The third-order valence-corrected chi connectivity index (χ3v) is 5.50. The first-order valence-electron chi connectivity index (χ1n) is 8.87. The monoisotopic (exact) mass is 465 g/mol. The molecule has 7 nitrogen and oxygen atoms in total. The molecule has 31 heavy (non-hydrogen) atoms. The van der Waals surface area contributed by atoms with Crippen molar-refractivity contribution in [1.82, 2.24) is 4.90 Å². The van der Waals surface area contributed by atoms with E-state index in [9.17, 15) is 18.8 Å². The van der Waals surface area contributed by atoms with Crippen molar-refractivity contribution in [3.63, 3.8) is 0 Å². The Hall–Kier alpha value is -3.04. The predicted molar refractivity (Wildman–Crippen MR) is 114 cm³/mol. The molecule has 1 saturated heterocycles. The maximum atomic E-state index is 13.2. The molecule has 1 aliphatic heterocycles. The summed E-state index contributed by atoms with van der Waals surface area (Å²) in [5, 5.41) is -0.356. The molecular weight excluding hydrogens is 449 g/mol. The summed E-state index contributed by atoms with van der Waals surface area (Å²) < 4.78 is 28.9. The van der Waals surface area contributed by atoms with Crippen LogP contribution in [-0.4, -0.2) is 36.2 Å². The lowest BCUT2D eigenvalue weighted by atomic mass is 10.1. The second kappa shape index (κ2) is 9.40. The molecule has 1 fully saturated rings. The highest BCUT2D eigenvalue weighted by molar-refractivity contribution is 8.18. The quantitative estimate of drug-likeness (QED) is 0.348. The first kappa shape index (κ1) is 22.6. The van der Waals surface area contributed by atoms with Crippen LogP contribution in [0.1, 0.15) is 18.1 Å². The van der Waals surface area contributed by atoms with E-state index in [1.165, 1.54) is 39.4 Å². The zero-order valence-electron chi connectivity index (χ0n) is 16.7. The van der Waals surface area contributed by atoms with Gasteiger partial charge in [-0.25, -0.2) is 4.39 Å². The number of methoxy groups -OCH3 is 2. The average Bonchev–Trinajstić information content (AvgIpc) is 2.97. The van der Waals surface area contributed by atoms with E-state index in [2.05, 4.69) is 0 Å². The molecule has 0 saturated carbocycles. The number of carbonyl (C=O) groups is 3. The number of esters is 1. The minimum absolute atomic E-state index is 0.0842. The van der Waals surface area contributed by atoms with Crippen LogP contribution in [0.2, 0.25) is 5.02 Å². The second-order valence-corrected chi connectivity index (χ2v) is 7.75. The van der Waals surface area contributed by atoms with Crippen LogP contribution >= 0.6 is 23.4 Å². The van der Waals surface area contributed by atoms with Crippen molar-refractivity contribution in [2.75, 3.05) is 14.2 Å². The van der Waals surface area contributed by atoms with E-state index in [0.717, 1.165) is 22.7 Å². The molecular formula is C21H17ClFNO6S. The normalized spacial score (nSPS) is 14.9. The van der Waals surface area contributed by atoms with Crippen molar-refractivity contribution in [2.24, 2.45) is 0 Å². The Morgan fingerprint density at radius 1 is 1.16 bits per heavy atom. The summed E-state index contributed by atoms with van der Waals surface area (Å²) in [6.45, 7) is 1.16. The van der Waals surface area contributed by atoms with Crippen LogP contribution in [0.4, 0.5) is 9.18 Å². The van der Waals surface area contributed by atoms with Gasteiger partial charge in [0.25, 0.3) is 11.1 Å². The fourth-order valence-electron chi connectivity index (χ4n) is 2.84. The minimum Gasteiger partial charge on any atom is -0.493 e. The number of amides is 2. The van der Waals surface area contributed by atoms with Crippen molar-refractivity contribution in [3.8, 4) is 17.2 Å². The number of hydrogen-bond donors (Lipinski definition) is 0.